The van der Waals surface area contributed by atoms with Crippen molar-refractivity contribution in [1.82, 2.24) is 4.98 Å². The Morgan fingerprint density at radius 2 is 2.47 bits per heavy atom. The van der Waals surface area contributed by atoms with E-state index in [1.54, 1.807) is 13.0 Å². The average molecular weight is 226 g/mol. The number of nitrogens with zero attached hydrogens (tertiary/aromatic N) is 1. The molecule has 0 bridgehead atoms. The summed E-state index contributed by atoms with van der Waals surface area (Å²) in [5.74, 6) is -0.413. The van der Waals surface area contributed by atoms with Crippen molar-refractivity contribution in [3.8, 4) is 0 Å². The molecule has 0 unspecified atom stereocenters. The minimum atomic E-state index is -0.413. The van der Waals surface area contributed by atoms with E-state index in [0.29, 0.717) is 28.3 Å². The molecule has 2 aromatic heterocycles. The highest BCUT2D eigenvalue weighted by atomic mass is 35.5. The van der Waals surface area contributed by atoms with Crippen LogP contribution in [0.15, 0.2) is 22.9 Å². The highest BCUT2D eigenvalue weighted by Crippen LogP contribution is 2.24. The molecule has 2 aromatic rings. The SMILES string of the molecule is CCOC(=O)c1cnc2occ(Cl)c2c1. The van der Waals surface area contributed by atoms with E-state index in [0.717, 1.165) is 0 Å². The maximum absolute atomic E-state index is 11.4. The molecule has 0 spiro atoms. The Labute approximate surface area is 90.8 Å². The molecule has 0 radical (unpaired) electrons. The van der Waals surface area contributed by atoms with Crippen LogP contribution in [-0.4, -0.2) is 17.6 Å². The van der Waals surface area contributed by atoms with Crippen molar-refractivity contribution in [2.45, 2.75) is 6.92 Å². The quantitative estimate of drug-likeness (QED) is 0.738. The first-order chi connectivity index (χ1) is 7.22. The zero-order valence-corrected chi connectivity index (χ0v) is 8.75. The second-order valence-electron chi connectivity index (χ2n) is 2.88. The monoisotopic (exact) mass is 225 g/mol. The fourth-order valence-corrected chi connectivity index (χ4v) is 1.39. The lowest BCUT2D eigenvalue weighted by atomic mass is 10.2. The molecule has 78 valence electrons. The lowest BCUT2D eigenvalue weighted by Gasteiger charge is -2.00. The first-order valence-corrected chi connectivity index (χ1v) is 4.80. The minimum Gasteiger partial charge on any atom is -0.462 e. The average Bonchev–Trinajstić information content (AvgIpc) is 2.60. The third kappa shape index (κ3) is 1.80. The van der Waals surface area contributed by atoms with Crippen LogP contribution in [0, 0.1) is 0 Å². The van der Waals surface area contributed by atoms with Crippen molar-refractivity contribution in [3.05, 3.63) is 29.1 Å². The molecule has 0 amide bonds. The largest absolute Gasteiger partial charge is 0.462 e. The lowest BCUT2D eigenvalue weighted by molar-refractivity contribution is 0.0526. The molecule has 2 heterocycles. The topological polar surface area (TPSA) is 52.3 Å². The van der Waals surface area contributed by atoms with Crippen LogP contribution in [0.25, 0.3) is 11.1 Å². The van der Waals surface area contributed by atoms with Crippen molar-refractivity contribution < 1.29 is 13.9 Å². The van der Waals surface area contributed by atoms with E-state index in [4.69, 9.17) is 20.8 Å². The Morgan fingerprint density at radius 1 is 1.67 bits per heavy atom. The van der Waals surface area contributed by atoms with E-state index >= 15 is 0 Å². The van der Waals surface area contributed by atoms with Gasteiger partial charge >= 0.3 is 5.97 Å². The Kier molecular flexibility index (Phi) is 2.60. The van der Waals surface area contributed by atoms with Gasteiger partial charge in [0, 0.05) is 6.20 Å². The molecule has 0 aliphatic carbocycles. The van der Waals surface area contributed by atoms with Crippen LogP contribution in [0.2, 0.25) is 5.02 Å². The summed E-state index contributed by atoms with van der Waals surface area (Å²) >= 11 is 5.84. The van der Waals surface area contributed by atoms with Gasteiger partial charge in [0.25, 0.3) is 0 Å². The fourth-order valence-electron chi connectivity index (χ4n) is 1.21. The predicted octanol–water partition coefficient (Wildman–Crippen LogP) is 2.66. The van der Waals surface area contributed by atoms with E-state index in [9.17, 15) is 4.79 Å². The molecule has 0 saturated carbocycles. The van der Waals surface area contributed by atoms with Gasteiger partial charge in [-0.3, -0.25) is 0 Å². The predicted molar refractivity (Wildman–Crippen MR) is 55.0 cm³/mol. The molecular weight excluding hydrogens is 218 g/mol. The summed E-state index contributed by atoms with van der Waals surface area (Å²) in [6.45, 7) is 2.07. The maximum atomic E-state index is 11.4. The first-order valence-electron chi connectivity index (χ1n) is 4.42. The molecule has 2 rings (SSSR count). The van der Waals surface area contributed by atoms with Crippen LogP contribution in [-0.2, 0) is 4.74 Å². The van der Waals surface area contributed by atoms with Gasteiger partial charge in [0.05, 0.1) is 22.6 Å². The zero-order chi connectivity index (χ0) is 10.8. The number of halogens is 1. The van der Waals surface area contributed by atoms with Gasteiger partial charge < -0.3 is 9.15 Å². The summed E-state index contributed by atoms with van der Waals surface area (Å²) in [4.78, 5) is 15.3. The number of carbonyl (C=O) groups is 1. The lowest BCUT2D eigenvalue weighted by Crippen LogP contribution is -2.04. The van der Waals surface area contributed by atoms with Gasteiger partial charge in [-0.1, -0.05) is 11.6 Å². The van der Waals surface area contributed by atoms with E-state index in [1.165, 1.54) is 12.5 Å². The van der Waals surface area contributed by atoms with Crippen LogP contribution >= 0.6 is 11.6 Å². The van der Waals surface area contributed by atoms with E-state index in [-0.39, 0.29) is 0 Å². The normalized spacial score (nSPS) is 10.5. The number of carbonyl (C=O) groups excluding carboxylic acids is 1. The molecule has 0 saturated heterocycles. The Balaban J connectivity index is 2.45. The van der Waals surface area contributed by atoms with Gasteiger partial charge in [-0.15, -0.1) is 0 Å². The van der Waals surface area contributed by atoms with E-state index in [2.05, 4.69) is 4.98 Å². The summed E-state index contributed by atoms with van der Waals surface area (Å²) in [6.07, 6.45) is 2.79. The number of aromatic nitrogens is 1. The minimum absolute atomic E-state index is 0.329. The Bertz CT molecular complexity index is 506. The highest BCUT2D eigenvalue weighted by Gasteiger charge is 2.11. The zero-order valence-electron chi connectivity index (χ0n) is 7.99. The molecule has 5 heteroatoms. The van der Waals surface area contributed by atoms with Gasteiger partial charge in [-0.2, -0.15) is 0 Å². The second-order valence-corrected chi connectivity index (χ2v) is 3.29. The summed E-state index contributed by atoms with van der Waals surface area (Å²) in [5, 5.41) is 1.05. The van der Waals surface area contributed by atoms with Gasteiger partial charge in [0.1, 0.15) is 6.26 Å². The van der Waals surface area contributed by atoms with Gasteiger partial charge in [-0.05, 0) is 13.0 Å². The van der Waals surface area contributed by atoms with E-state index < -0.39 is 5.97 Å². The summed E-state index contributed by atoms with van der Waals surface area (Å²) in [5.41, 5.74) is 0.778. The van der Waals surface area contributed by atoms with Crippen LogP contribution in [0.4, 0.5) is 0 Å². The van der Waals surface area contributed by atoms with Crippen molar-refractivity contribution >= 4 is 28.7 Å². The van der Waals surface area contributed by atoms with Crippen molar-refractivity contribution in [2.24, 2.45) is 0 Å². The van der Waals surface area contributed by atoms with Crippen molar-refractivity contribution in [1.29, 1.82) is 0 Å². The molecule has 4 nitrogen and oxygen atoms in total. The summed E-state index contributed by atoms with van der Waals surface area (Å²) in [7, 11) is 0. The Morgan fingerprint density at radius 3 is 3.20 bits per heavy atom. The van der Waals surface area contributed by atoms with Gasteiger partial charge in [0.15, 0.2) is 0 Å². The molecule has 0 aromatic carbocycles. The maximum Gasteiger partial charge on any atom is 0.339 e. The van der Waals surface area contributed by atoms with Crippen LogP contribution < -0.4 is 0 Å². The number of pyridine rings is 1. The number of hydrogen-bond acceptors (Lipinski definition) is 4. The number of ether oxygens (including phenoxy) is 1. The van der Waals surface area contributed by atoms with E-state index in [1.807, 2.05) is 0 Å². The molecule has 0 aliphatic heterocycles. The molecule has 0 N–H and O–H groups in total. The van der Waals surface area contributed by atoms with Crippen molar-refractivity contribution in [2.75, 3.05) is 6.61 Å². The molecule has 15 heavy (non-hydrogen) atoms. The summed E-state index contributed by atoms with van der Waals surface area (Å²) in [6, 6.07) is 1.60. The third-order valence-electron chi connectivity index (χ3n) is 1.89. The van der Waals surface area contributed by atoms with Crippen LogP contribution in [0.5, 0.6) is 0 Å². The molecule has 0 atom stereocenters. The number of esters is 1. The third-order valence-corrected chi connectivity index (χ3v) is 2.19. The number of fused-ring (bicyclic) bond motifs is 1. The van der Waals surface area contributed by atoms with Crippen molar-refractivity contribution in [3.63, 3.8) is 0 Å². The van der Waals surface area contributed by atoms with Gasteiger partial charge in [0.2, 0.25) is 5.71 Å². The second kappa shape index (κ2) is 3.90. The number of hydrogen-bond donors (Lipinski definition) is 0. The van der Waals surface area contributed by atoms with Crippen LogP contribution in [0.3, 0.4) is 0 Å². The van der Waals surface area contributed by atoms with Crippen LogP contribution in [0.1, 0.15) is 17.3 Å². The summed E-state index contributed by atoms with van der Waals surface area (Å²) < 4.78 is 9.89. The molecule has 0 aliphatic rings. The standard InChI is InChI=1S/C10H8ClNO3/c1-2-14-10(13)6-3-7-8(11)5-15-9(7)12-4-6/h3-5H,2H2,1H3. The highest BCUT2D eigenvalue weighted by molar-refractivity contribution is 6.35. The molecular formula is C10H8ClNO3. The number of furan rings is 1. The first kappa shape index (κ1) is 9.98. The Hall–Kier alpha value is -1.55. The fraction of sp³-hybridized carbons (Fsp3) is 0.200. The molecule has 0 fully saturated rings. The number of rotatable bonds is 2. The van der Waals surface area contributed by atoms with Gasteiger partial charge in [-0.25, -0.2) is 9.78 Å². The smallest absolute Gasteiger partial charge is 0.339 e.